The second-order valence-electron chi connectivity index (χ2n) is 8.16. The fourth-order valence-electron chi connectivity index (χ4n) is 3.70. The van der Waals surface area contributed by atoms with Crippen LogP contribution in [-0.4, -0.2) is 42.0 Å². The zero-order chi connectivity index (χ0) is 21.0. The second-order valence-corrected chi connectivity index (χ2v) is 8.16. The minimum atomic E-state index is -0.978. The third-order valence-corrected chi connectivity index (χ3v) is 4.74. The van der Waals surface area contributed by atoms with Crippen LogP contribution >= 0.6 is 0 Å². The minimum absolute atomic E-state index is 0.0196. The Labute approximate surface area is 170 Å². The van der Waals surface area contributed by atoms with Gasteiger partial charge in [-0.2, -0.15) is 0 Å². The molecule has 1 aliphatic rings. The van der Waals surface area contributed by atoms with Crippen molar-refractivity contribution >= 4 is 12.1 Å². The van der Waals surface area contributed by atoms with Gasteiger partial charge in [0.25, 0.3) is 0 Å². The van der Waals surface area contributed by atoms with E-state index in [1.54, 1.807) is 0 Å². The maximum Gasteiger partial charge on any atom is 0.407 e. The number of alkyl carbamates (subject to hydrolysis) is 1. The lowest BCUT2D eigenvalue weighted by atomic mass is 9.98. The normalized spacial score (nSPS) is 14.0. The van der Waals surface area contributed by atoms with Crippen molar-refractivity contribution < 1.29 is 24.2 Å². The Hall–Kier alpha value is -2.86. The number of carbonyl (C=O) groups excluding carboxylic acids is 1. The van der Waals surface area contributed by atoms with Gasteiger partial charge in [-0.3, -0.25) is 4.79 Å². The summed E-state index contributed by atoms with van der Waals surface area (Å²) < 4.78 is 11.2. The number of benzene rings is 2. The molecular formula is C23H27NO5. The van der Waals surface area contributed by atoms with Crippen LogP contribution in [0.4, 0.5) is 4.79 Å². The number of hydrogen-bond acceptors (Lipinski definition) is 4. The van der Waals surface area contributed by atoms with Crippen LogP contribution in [0.15, 0.2) is 48.5 Å². The molecule has 29 heavy (non-hydrogen) atoms. The van der Waals surface area contributed by atoms with Gasteiger partial charge >= 0.3 is 12.1 Å². The van der Waals surface area contributed by atoms with E-state index >= 15 is 0 Å². The molecule has 0 heterocycles. The number of fused-ring (bicyclic) bond motifs is 3. The van der Waals surface area contributed by atoms with Crippen LogP contribution in [0.25, 0.3) is 11.1 Å². The van der Waals surface area contributed by atoms with Crippen molar-refractivity contribution in [1.29, 1.82) is 0 Å². The lowest BCUT2D eigenvalue weighted by Crippen LogP contribution is -2.39. The molecule has 2 aromatic rings. The summed E-state index contributed by atoms with van der Waals surface area (Å²) in [6, 6.07) is 16.2. The van der Waals surface area contributed by atoms with Crippen LogP contribution in [0.1, 0.15) is 44.2 Å². The number of carboxylic acids is 1. The molecule has 6 nitrogen and oxygen atoms in total. The first-order valence-corrected chi connectivity index (χ1v) is 9.73. The topological polar surface area (TPSA) is 84.9 Å². The van der Waals surface area contributed by atoms with Crippen molar-refractivity contribution in [2.75, 3.05) is 13.2 Å². The van der Waals surface area contributed by atoms with Gasteiger partial charge in [-0.05, 0) is 43.0 Å². The van der Waals surface area contributed by atoms with Crippen molar-refractivity contribution in [1.82, 2.24) is 5.32 Å². The maximum atomic E-state index is 12.2. The van der Waals surface area contributed by atoms with Gasteiger partial charge < -0.3 is 19.9 Å². The Morgan fingerprint density at radius 2 is 1.59 bits per heavy atom. The van der Waals surface area contributed by atoms with E-state index in [-0.39, 0.29) is 25.5 Å². The summed E-state index contributed by atoms with van der Waals surface area (Å²) in [5, 5.41) is 11.7. The highest BCUT2D eigenvalue weighted by molar-refractivity contribution is 5.79. The third kappa shape index (κ3) is 5.35. The lowest BCUT2D eigenvalue weighted by molar-refractivity contribution is -0.143. The Kier molecular flexibility index (Phi) is 6.23. The van der Waals surface area contributed by atoms with E-state index in [1.165, 1.54) is 0 Å². The van der Waals surface area contributed by atoms with Crippen LogP contribution in [0.2, 0.25) is 0 Å². The first-order chi connectivity index (χ1) is 13.7. The summed E-state index contributed by atoms with van der Waals surface area (Å²) in [4.78, 5) is 23.3. The quantitative estimate of drug-likeness (QED) is 0.732. The fourth-order valence-corrected chi connectivity index (χ4v) is 3.70. The molecule has 1 atom stereocenters. The largest absolute Gasteiger partial charge is 0.481 e. The molecule has 154 valence electrons. The molecular weight excluding hydrogens is 370 g/mol. The SMILES string of the molecule is CC(C)(C)O[C@H](CNC(=O)OCC1c2ccccc2-c2ccccc21)CC(=O)O. The Bertz CT molecular complexity index is 841. The molecule has 0 bridgehead atoms. The number of carbonyl (C=O) groups is 2. The summed E-state index contributed by atoms with van der Waals surface area (Å²) in [7, 11) is 0. The molecule has 0 saturated carbocycles. The maximum absolute atomic E-state index is 12.2. The van der Waals surface area contributed by atoms with E-state index in [4.69, 9.17) is 14.6 Å². The molecule has 2 N–H and O–H groups in total. The fraction of sp³-hybridized carbons (Fsp3) is 0.391. The highest BCUT2D eigenvalue weighted by Gasteiger charge is 2.29. The number of ether oxygens (including phenoxy) is 2. The Morgan fingerprint density at radius 1 is 1.03 bits per heavy atom. The molecule has 0 aromatic heterocycles. The van der Waals surface area contributed by atoms with Crippen molar-refractivity contribution in [2.24, 2.45) is 0 Å². The highest BCUT2D eigenvalue weighted by Crippen LogP contribution is 2.44. The smallest absolute Gasteiger partial charge is 0.407 e. The van der Waals surface area contributed by atoms with Gasteiger partial charge in [-0.15, -0.1) is 0 Å². The molecule has 0 saturated heterocycles. The average Bonchev–Trinajstić information content (AvgIpc) is 2.97. The van der Waals surface area contributed by atoms with E-state index in [9.17, 15) is 9.59 Å². The van der Waals surface area contributed by atoms with Crippen molar-refractivity contribution in [3.63, 3.8) is 0 Å². The highest BCUT2D eigenvalue weighted by atomic mass is 16.5. The molecule has 0 fully saturated rings. The lowest BCUT2D eigenvalue weighted by Gasteiger charge is -2.26. The van der Waals surface area contributed by atoms with Crippen LogP contribution in [-0.2, 0) is 14.3 Å². The molecule has 1 aliphatic carbocycles. The molecule has 0 aliphatic heterocycles. The van der Waals surface area contributed by atoms with Gasteiger partial charge in [-0.25, -0.2) is 4.79 Å². The monoisotopic (exact) mass is 397 g/mol. The Balaban J connectivity index is 1.60. The summed E-state index contributed by atoms with van der Waals surface area (Å²) >= 11 is 0. The molecule has 0 spiro atoms. The van der Waals surface area contributed by atoms with Crippen LogP contribution in [0, 0.1) is 0 Å². The molecule has 6 heteroatoms. The summed E-state index contributed by atoms with van der Waals surface area (Å²) in [5.41, 5.74) is 4.10. The second kappa shape index (κ2) is 8.66. The molecule has 3 rings (SSSR count). The predicted molar refractivity (Wildman–Crippen MR) is 110 cm³/mol. The van der Waals surface area contributed by atoms with Gasteiger partial charge in [0.1, 0.15) is 6.61 Å². The van der Waals surface area contributed by atoms with E-state index in [2.05, 4.69) is 29.6 Å². The van der Waals surface area contributed by atoms with Gasteiger partial charge in [0.2, 0.25) is 0 Å². The molecule has 1 amide bonds. The van der Waals surface area contributed by atoms with E-state index in [0.29, 0.717) is 0 Å². The van der Waals surface area contributed by atoms with Crippen LogP contribution < -0.4 is 5.32 Å². The van der Waals surface area contributed by atoms with Crippen molar-refractivity contribution in [2.45, 2.75) is 44.8 Å². The number of amides is 1. The van der Waals surface area contributed by atoms with Crippen LogP contribution in [0.5, 0.6) is 0 Å². The predicted octanol–water partition coefficient (Wildman–Crippen LogP) is 4.18. The Morgan fingerprint density at radius 3 is 2.10 bits per heavy atom. The van der Waals surface area contributed by atoms with Crippen molar-refractivity contribution in [3.8, 4) is 11.1 Å². The van der Waals surface area contributed by atoms with Crippen molar-refractivity contribution in [3.05, 3.63) is 59.7 Å². The van der Waals surface area contributed by atoms with Crippen LogP contribution in [0.3, 0.4) is 0 Å². The zero-order valence-electron chi connectivity index (χ0n) is 17.0. The van der Waals surface area contributed by atoms with E-state index in [1.807, 2.05) is 45.0 Å². The number of carboxylic acid groups (broad SMARTS) is 1. The summed E-state index contributed by atoms with van der Waals surface area (Å²) in [6.45, 7) is 5.81. The number of aliphatic carboxylic acids is 1. The van der Waals surface area contributed by atoms with E-state index in [0.717, 1.165) is 22.3 Å². The van der Waals surface area contributed by atoms with Gasteiger partial charge in [-0.1, -0.05) is 48.5 Å². The standard InChI is InChI=1S/C23H27NO5/c1-23(2,3)29-15(12-21(25)26)13-24-22(27)28-14-20-18-10-6-4-8-16(18)17-9-5-7-11-19(17)20/h4-11,15,20H,12-14H2,1-3H3,(H,24,27)(H,25,26)/t15-/m0/s1. The zero-order valence-corrected chi connectivity index (χ0v) is 17.0. The van der Waals surface area contributed by atoms with Gasteiger partial charge in [0.15, 0.2) is 0 Å². The third-order valence-electron chi connectivity index (χ3n) is 4.74. The minimum Gasteiger partial charge on any atom is -0.481 e. The first kappa shape index (κ1) is 20.9. The number of nitrogens with one attached hydrogen (secondary N) is 1. The molecule has 0 radical (unpaired) electrons. The summed E-state index contributed by atoms with van der Waals surface area (Å²) in [6.07, 6.45) is -1.41. The number of rotatable bonds is 7. The average molecular weight is 397 g/mol. The number of hydrogen-bond donors (Lipinski definition) is 2. The summed E-state index contributed by atoms with van der Waals surface area (Å²) in [5.74, 6) is -0.998. The van der Waals surface area contributed by atoms with Gasteiger partial charge in [0.05, 0.1) is 18.1 Å². The van der Waals surface area contributed by atoms with Gasteiger partial charge in [0, 0.05) is 12.5 Å². The molecule has 2 aromatic carbocycles. The van der Waals surface area contributed by atoms with E-state index < -0.39 is 23.8 Å². The first-order valence-electron chi connectivity index (χ1n) is 9.73. The molecule has 0 unspecified atom stereocenters.